The fourth-order valence-electron chi connectivity index (χ4n) is 2.65. The summed E-state index contributed by atoms with van der Waals surface area (Å²) in [6.45, 7) is 2.14. The third-order valence-corrected chi connectivity index (χ3v) is 4.17. The predicted octanol–water partition coefficient (Wildman–Crippen LogP) is 4.49. The lowest BCUT2D eigenvalue weighted by atomic mass is 10.2. The summed E-state index contributed by atoms with van der Waals surface area (Å²) in [7, 11) is 1.52. The van der Waals surface area contributed by atoms with Crippen molar-refractivity contribution in [1.29, 1.82) is 0 Å². The van der Waals surface area contributed by atoms with E-state index < -0.39 is 5.97 Å². The molecule has 1 heterocycles. The van der Waals surface area contributed by atoms with E-state index in [0.29, 0.717) is 35.1 Å². The normalized spacial score (nSPS) is 10.8. The first-order chi connectivity index (χ1) is 15.0. The van der Waals surface area contributed by atoms with E-state index in [1.165, 1.54) is 13.2 Å². The van der Waals surface area contributed by atoms with Crippen LogP contribution in [0.3, 0.4) is 0 Å². The number of carboxylic acids is 1. The van der Waals surface area contributed by atoms with Crippen LogP contribution in [0.2, 0.25) is 0 Å². The monoisotopic (exact) mass is 423 g/mol. The molecule has 8 heteroatoms. The molecule has 0 aliphatic carbocycles. The molecule has 3 aromatic rings. The molecule has 0 spiro atoms. The van der Waals surface area contributed by atoms with Crippen molar-refractivity contribution in [3.8, 4) is 11.5 Å². The van der Waals surface area contributed by atoms with Gasteiger partial charge >= 0.3 is 11.9 Å². The van der Waals surface area contributed by atoms with Crippen LogP contribution in [-0.2, 0) is 11.3 Å². The van der Waals surface area contributed by atoms with Crippen LogP contribution >= 0.6 is 0 Å². The number of aromatic carboxylic acids is 1. The van der Waals surface area contributed by atoms with Gasteiger partial charge in [-0.25, -0.2) is 9.59 Å². The van der Waals surface area contributed by atoms with Crippen LogP contribution in [0, 0.1) is 0 Å². The lowest BCUT2D eigenvalue weighted by Crippen LogP contribution is -2.03. The van der Waals surface area contributed by atoms with Crippen molar-refractivity contribution in [2.45, 2.75) is 13.5 Å². The zero-order chi connectivity index (χ0) is 22.2. The number of ether oxygens (including phenoxy) is 3. The smallest absolute Gasteiger partial charge is 0.371 e. The van der Waals surface area contributed by atoms with Gasteiger partial charge in [0.1, 0.15) is 12.4 Å². The number of methoxy groups -OCH3 is 1. The van der Waals surface area contributed by atoms with E-state index in [4.69, 9.17) is 23.7 Å². The quantitative estimate of drug-likeness (QED) is 0.399. The first-order valence-electron chi connectivity index (χ1n) is 9.44. The summed E-state index contributed by atoms with van der Waals surface area (Å²) in [5.74, 6) is -0.294. The van der Waals surface area contributed by atoms with E-state index in [0.717, 1.165) is 5.56 Å². The molecule has 3 rings (SSSR count). The second-order valence-electron chi connectivity index (χ2n) is 6.30. The van der Waals surface area contributed by atoms with Gasteiger partial charge in [-0.05, 0) is 67.1 Å². The third kappa shape index (κ3) is 5.72. The third-order valence-electron chi connectivity index (χ3n) is 4.17. The fraction of sp³-hybridized carbons (Fsp3) is 0.174. The second kappa shape index (κ2) is 10.1. The van der Waals surface area contributed by atoms with Crippen molar-refractivity contribution in [2.24, 2.45) is 4.99 Å². The van der Waals surface area contributed by atoms with Gasteiger partial charge in [-0.3, -0.25) is 4.99 Å². The highest BCUT2D eigenvalue weighted by Crippen LogP contribution is 2.29. The Morgan fingerprint density at radius 1 is 1.06 bits per heavy atom. The molecule has 160 valence electrons. The average molecular weight is 423 g/mol. The largest absolute Gasteiger partial charge is 0.493 e. The summed E-state index contributed by atoms with van der Waals surface area (Å²) in [6, 6.07) is 15.0. The van der Waals surface area contributed by atoms with Gasteiger partial charge in [0.2, 0.25) is 5.76 Å². The lowest BCUT2D eigenvalue weighted by Gasteiger charge is -2.10. The van der Waals surface area contributed by atoms with E-state index in [1.807, 2.05) is 0 Å². The van der Waals surface area contributed by atoms with Crippen molar-refractivity contribution in [3.05, 3.63) is 77.2 Å². The SMILES string of the molecule is CCOC(=O)c1ccc(N=Cc2ccc(OCc3ccc(C(=O)O)o3)c(OC)c2)cc1. The second-order valence-corrected chi connectivity index (χ2v) is 6.30. The van der Waals surface area contributed by atoms with E-state index in [9.17, 15) is 9.59 Å². The Morgan fingerprint density at radius 3 is 2.48 bits per heavy atom. The summed E-state index contributed by atoms with van der Waals surface area (Å²) in [4.78, 5) is 27.0. The number of furan rings is 1. The Bertz CT molecular complexity index is 1080. The number of carbonyl (C=O) groups is 2. The summed E-state index contributed by atoms with van der Waals surface area (Å²) in [5, 5.41) is 8.90. The van der Waals surface area contributed by atoms with E-state index in [-0.39, 0.29) is 18.3 Å². The minimum absolute atomic E-state index is 0.0594. The maximum absolute atomic E-state index is 11.7. The number of carboxylic acid groups (broad SMARTS) is 1. The van der Waals surface area contributed by atoms with Gasteiger partial charge in [-0.2, -0.15) is 0 Å². The molecule has 31 heavy (non-hydrogen) atoms. The highest BCUT2D eigenvalue weighted by Gasteiger charge is 2.11. The molecule has 0 radical (unpaired) electrons. The molecule has 2 aromatic carbocycles. The standard InChI is InChI=1S/C23H21NO7/c1-3-29-23(27)16-5-7-17(8-6-16)24-13-15-4-10-19(21(12-15)28-2)30-14-18-9-11-20(31-18)22(25)26/h4-13H,3,14H2,1-2H3,(H,25,26). The summed E-state index contributed by atoms with van der Waals surface area (Å²) >= 11 is 0. The maximum Gasteiger partial charge on any atom is 0.371 e. The topological polar surface area (TPSA) is 108 Å². The number of carbonyl (C=O) groups excluding carboxylic acids is 1. The molecule has 0 fully saturated rings. The van der Waals surface area contributed by atoms with E-state index in [1.54, 1.807) is 61.7 Å². The summed E-state index contributed by atoms with van der Waals surface area (Å²) < 4.78 is 21.2. The molecule has 0 bridgehead atoms. The minimum Gasteiger partial charge on any atom is -0.493 e. The number of benzene rings is 2. The number of rotatable bonds is 9. The average Bonchev–Trinajstić information content (AvgIpc) is 3.26. The van der Waals surface area contributed by atoms with Crippen molar-refractivity contribution < 1.29 is 33.3 Å². The number of hydrogen-bond acceptors (Lipinski definition) is 7. The zero-order valence-electron chi connectivity index (χ0n) is 17.0. The fourth-order valence-corrected chi connectivity index (χ4v) is 2.65. The first kappa shape index (κ1) is 21.6. The van der Waals surface area contributed by atoms with Crippen LogP contribution in [0.25, 0.3) is 0 Å². The highest BCUT2D eigenvalue weighted by molar-refractivity contribution is 5.90. The maximum atomic E-state index is 11.7. The number of esters is 1. The van der Waals surface area contributed by atoms with Crippen molar-refractivity contribution >= 4 is 23.8 Å². The Labute approximate surface area is 178 Å². The van der Waals surface area contributed by atoms with Crippen molar-refractivity contribution in [2.75, 3.05) is 13.7 Å². The number of hydrogen-bond donors (Lipinski definition) is 1. The van der Waals surface area contributed by atoms with Crippen LogP contribution in [0.5, 0.6) is 11.5 Å². The van der Waals surface area contributed by atoms with Crippen LogP contribution in [0.4, 0.5) is 5.69 Å². The van der Waals surface area contributed by atoms with Gasteiger partial charge in [0.05, 0.1) is 25.0 Å². The lowest BCUT2D eigenvalue weighted by molar-refractivity contribution is 0.0525. The molecular formula is C23H21NO7. The van der Waals surface area contributed by atoms with Gasteiger partial charge < -0.3 is 23.7 Å². The Morgan fingerprint density at radius 2 is 1.84 bits per heavy atom. The molecular weight excluding hydrogens is 402 g/mol. The van der Waals surface area contributed by atoms with Crippen LogP contribution < -0.4 is 9.47 Å². The zero-order valence-corrected chi connectivity index (χ0v) is 17.0. The van der Waals surface area contributed by atoms with Gasteiger partial charge in [-0.15, -0.1) is 0 Å². The van der Waals surface area contributed by atoms with Crippen LogP contribution in [-0.4, -0.2) is 37.0 Å². The molecule has 0 saturated carbocycles. The number of aliphatic imine (C=N–C) groups is 1. The molecule has 0 unspecified atom stereocenters. The Hall–Kier alpha value is -4.07. The van der Waals surface area contributed by atoms with Gasteiger partial charge in [0, 0.05) is 6.21 Å². The van der Waals surface area contributed by atoms with Gasteiger partial charge in [-0.1, -0.05) is 0 Å². The molecule has 1 N–H and O–H groups in total. The molecule has 0 aliphatic heterocycles. The molecule has 0 atom stereocenters. The number of nitrogens with zero attached hydrogens (tertiary/aromatic N) is 1. The predicted molar refractivity (Wildman–Crippen MR) is 113 cm³/mol. The van der Waals surface area contributed by atoms with Crippen molar-refractivity contribution in [3.63, 3.8) is 0 Å². The van der Waals surface area contributed by atoms with Crippen LogP contribution in [0.15, 0.2) is 64.0 Å². The van der Waals surface area contributed by atoms with E-state index >= 15 is 0 Å². The Balaban J connectivity index is 1.66. The first-order valence-corrected chi connectivity index (χ1v) is 9.44. The Kier molecular flexibility index (Phi) is 7.05. The van der Waals surface area contributed by atoms with Crippen LogP contribution in [0.1, 0.15) is 39.2 Å². The molecule has 1 aromatic heterocycles. The molecule has 0 aliphatic rings. The highest BCUT2D eigenvalue weighted by atomic mass is 16.5. The molecule has 0 amide bonds. The van der Waals surface area contributed by atoms with Gasteiger partial charge in [0.25, 0.3) is 0 Å². The summed E-state index contributed by atoms with van der Waals surface area (Å²) in [6.07, 6.45) is 1.66. The summed E-state index contributed by atoms with van der Waals surface area (Å²) in [5.41, 5.74) is 1.93. The molecule has 0 saturated heterocycles. The molecule has 8 nitrogen and oxygen atoms in total. The van der Waals surface area contributed by atoms with Crippen molar-refractivity contribution in [1.82, 2.24) is 0 Å². The minimum atomic E-state index is -1.14. The van der Waals surface area contributed by atoms with E-state index in [2.05, 4.69) is 4.99 Å². The van der Waals surface area contributed by atoms with Gasteiger partial charge in [0.15, 0.2) is 11.5 Å².